The lowest BCUT2D eigenvalue weighted by molar-refractivity contribution is -0.148. The standard InChI is InChI=1S/C23H37NO6/c1-17(2)11-13-29-15-23(3,4)16-30-22(28)7-5-6-21(27)24-12-10-18-8-9-19(25)20(26)14-18/h8-9,14,17,25-26H,5-7,10-13,15-16H2,1-4H3,(H,24,27). The van der Waals surface area contributed by atoms with Crippen LogP contribution in [0.5, 0.6) is 11.5 Å². The Morgan fingerprint density at radius 1 is 1.10 bits per heavy atom. The van der Waals surface area contributed by atoms with Crippen molar-refractivity contribution in [3.8, 4) is 11.5 Å². The zero-order chi connectivity index (χ0) is 22.6. The number of nitrogens with one attached hydrogen (secondary N) is 1. The molecule has 0 bridgehead atoms. The van der Waals surface area contributed by atoms with E-state index in [4.69, 9.17) is 9.47 Å². The first kappa shape index (κ1) is 25.8. The molecule has 1 rings (SSSR count). The van der Waals surface area contributed by atoms with Crippen LogP contribution < -0.4 is 5.32 Å². The summed E-state index contributed by atoms with van der Waals surface area (Å²) in [5, 5.41) is 21.5. The normalized spacial score (nSPS) is 11.5. The number of hydrogen-bond donors (Lipinski definition) is 3. The number of aromatic hydroxyl groups is 2. The molecule has 1 aromatic carbocycles. The Labute approximate surface area is 179 Å². The van der Waals surface area contributed by atoms with Gasteiger partial charge in [0.15, 0.2) is 11.5 Å². The molecule has 0 radical (unpaired) electrons. The van der Waals surface area contributed by atoms with Crippen LogP contribution in [0.1, 0.15) is 58.9 Å². The molecule has 1 aromatic rings. The van der Waals surface area contributed by atoms with E-state index >= 15 is 0 Å². The van der Waals surface area contributed by atoms with Crippen LogP contribution in [-0.2, 0) is 25.5 Å². The highest BCUT2D eigenvalue weighted by atomic mass is 16.5. The average molecular weight is 424 g/mol. The molecule has 170 valence electrons. The highest BCUT2D eigenvalue weighted by molar-refractivity contribution is 5.77. The van der Waals surface area contributed by atoms with Gasteiger partial charge in [-0.1, -0.05) is 33.8 Å². The second-order valence-electron chi connectivity index (χ2n) is 8.84. The number of ether oxygens (including phenoxy) is 2. The molecular formula is C23H37NO6. The summed E-state index contributed by atoms with van der Waals surface area (Å²) in [4.78, 5) is 23.8. The zero-order valence-corrected chi connectivity index (χ0v) is 18.7. The highest BCUT2D eigenvalue weighted by Crippen LogP contribution is 2.24. The SMILES string of the molecule is CC(C)CCOCC(C)(C)COC(=O)CCCC(=O)NCCc1ccc(O)c(O)c1. The molecule has 0 spiro atoms. The molecule has 0 saturated carbocycles. The molecule has 1 amide bonds. The fraction of sp³-hybridized carbons (Fsp3) is 0.652. The number of carbonyl (C=O) groups excluding carboxylic acids is 2. The number of phenols is 2. The number of benzene rings is 1. The maximum Gasteiger partial charge on any atom is 0.305 e. The van der Waals surface area contributed by atoms with E-state index in [1.54, 1.807) is 6.07 Å². The molecule has 0 saturated heterocycles. The van der Waals surface area contributed by atoms with Crippen molar-refractivity contribution in [3.05, 3.63) is 23.8 Å². The van der Waals surface area contributed by atoms with E-state index in [1.807, 2.05) is 13.8 Å². The third kappa shape index (κ3) is 11.7. The number of esters is 1. The van der Waals surface area contributed by atoms with E-state index < -0.39 is 0 Å². The molecule has 3 N–H and O–H groups in total. The minimum atomic E-state index is -0.308. The Morgan fingerprint density at radius 2 is 1.83 bits per heavy atom. The van der Waals surface area contributed by atoms with Crippen LogP contribution in [0.4, 0.5) is 0 Å². The van der Waals surface area contributed by atoms with E-state index in [2.05, 4.69) is 19.2 Å². The lowest BCUT2D eigenvalue weighted by Crippen LogP contribution is -2.28. The van der Waals surface area contributed by atoms with E-state index in [1.165, 1.54) is 12.1 Å². The third-order valence-electron chi connectivity index (χ3n) is 4.52. The number of amides is 1. The Bertz CT molecular complexity index is 672. The van der Waals surface area contributed by atoms with Gasteiger partial charge in [0.1, 0.15) is 0 Å². The molecule has 0 unspecified atom stereocenters. The Morgan fingerprint density at radius 3 is 2.50 bits per heavy atom. The molecule has 0 heterocycles. The van der Waals surface area contributed by atoms with Crippen molar-refractivity contribution in [1.82, 2.24) is 5.32 Å². The number of hydrogen-bond acceptors (Lipinski definition) is 6. The van der Waals surface area contributed by atoms with Crippen LogP contribution in [-0.4, -0.2) is 48.5 Å². The van der Waals surface area contributed by atoms with Crippen molar-refractivity contribution < 1.29 is 29.3 Å². The van der Waals surface area contributed by atoms with Crippen molar-refractivity contribution >= 4 is 11.9 Å². The quantitative estimate of drug-likeness (QED) is 0.240. The van der Waals surface area contributed by atoms with Crippen LogP contribution in [0.25, 0.3) is 0 Å². The van der Waals surface area contributed by atoms with Crippen LogP contribution in [0, 0.1) is 11.3 Å². The molecule has 0 aliphatic carbocycles. The lowest BCUT2D eigenvalue weighted by atomic mass is 9.96. The fourth-order valence-electron chi connectivity index (χ4n) is 2.61. The van der Waals surface area contributed by atoms with Crippen LogP contribution in [0.2, 0.25) is 0 Å². The molecule has 0 aliphatic rings. The molecule has 0 aromatic heterocycles. The second kappa shape index (κ2) is 13.1. The van der Waals surface area contributed by atoms with Gasteiger partial charge in [-0.3, -0.25) is 9.59 Å². The fourth-order valence-corrected chi connectivity index (χ4v) is 2.61. The Balaban J connectivity index is 2.13. The first-order valence-electron chi connectivity index (χ1n) is 10.6. The van der Waals surface area contributed by atoms with Gasteiger partial charge in [0.05, 0.1) is 13.2 Å². The summed E-state index contributed by atoms with van der Waals surface area (Å²) in [5.41, 5.74) is 0.567. The third-order valence-corrected chi connectivity index (χ3v) is 4.52. The molecule has 7 nitrogen and oxygen atoms in total. The van der Waals surface area contributed by atoms with Gasteiger partial charge in [-0.25, -0.2) is 0 Å². The summed E-state index contributed by atoms with van der Waals surface area (Å²) in [6, 6.07) is 4.57. The van der Waals surface area contributed by atoms with Crippen LogP contribution in [0.3, 0.4) is 0 Å². The van der Waals surface area contributed by atoms with Crippen molar-refractivity contribution in [2.75, 3.05) is 26.4 Å². The maximum atomic E-state index is 11.9. The predicted octanol–water partition coefficient (Wildman–Crippen LogP) is 3.56. The summed E-state index contributed by atoms with van der Waals surface area (Å²) in [6.07, 6.45) is 2.42. The minimum absolute atomic E-state index is 0.135. The Hall–Kier alpha value is -2.28. The Kier molecular flexibility index (Phi) is 11.3. The van der Waals surface area contributed by atoms with E-state index in [9.17, 15) is 19.8 Å². The smallest absolute Gasteiger partial charge is 0.305 e. The maximum absolute atomic E-state index is 11.9. The zero-order valence-electron chi connectivity index (χ0n) is 18.7. The van der Waals surface area contributed by atoms with Gasteiger partial charge >= 0.3 is 5.97 Å². The first-order chi connectivity index (χ1) is 14.1. The topological polar surface area (TPSA) is 105 Å². The second-order valence-corrected chi connectivity index (χ2v) is 8.84. The molecule has 0 fully saturated rings. The molecular weight excluding hydrogens is 386 g/mol. The first-order valence-corrected chi connectivity index (χ1v) is 10.6. The van der Waals surface area contributed by atoms with Gasteiger partial charge in [-0.05, 0) is 42.9 Å². The summed E-state index contributed by atoms with van der Waals surface area (Å²) in [5.74, 6) is -0.189. The molecule has 30 heavy (non-hydrogen) atoms. The van der Waals surface area contributed by atoms with Crippen LogP contribution >= 0.6 is 0 Å². The summed E-state index contributed by atoms with van der Waals surface area (Å²) in [6.45, 7) is 10.2. The lowest BCUT2D eigenvalue weighted by Gasteiger charge is -2.24. The summed E-state index contributed by atoms with van der Waals surface area (Å²) >= 11 is 0. The highest BCUT2D eigenvalue weighted by Gasteiger charge is 2.21. The monoisotopic (exact) mass is 423 g/mol. The van der Waals surface area contributed by atoms with Gasteiger partial charge in [-0.2, -0.15) is 0 Å². The number of rotatable bonds is 14. The van der Waals surface area contributed by atoms with E-state index in [-0.39, 0.29) is 41.6 Å². The van der Waals surface area contributed by atoms with Gasteiger partial charge in [-0.15, -0.1) is 0 Å². The van der Waals surface area contributed by atoms with Crippen molar-refractivity contribution in [2.45, 2.75) is 59.8 Å². The predicted molar refractivity (Wildman–Crippen MR) is 115 cm³/mol. The number of phenolic OH excluding ortho intramolecular Hbond substituents is 2. The summed E-state index contributed by atoms with van der Waals surface area (Å²) < 4.78 is 11.0. The van der Waals surface area contributed by atoms with Gasteiger partial charge < -0.3 is 25.0 Å². The summed E-state index contributed by atoms with van der Waals surface area (Å²) in [7, 11) is 0. The van der Waals surface area contributed by atoms with Gasteiger partial charge in [0, 0.05) is 31.4 Å². The van der Waals surface area contributed by atoms with Crippen molar-refractivity contribution in [3.63, 3.8) is 0 Å². The molecule has 7 heteroatoms. The minimum Gasteiger partial charge on any atom is -0.504 e. The van der Waals surface area contributed by atoms with Gasteiger partial charge in [0.2, 0.25) is 5.91 Å². The number of carbonyl (C=O) groups is 2. The van der Waals surface area contributed by atoms with E-state index in [0.717, 1.165) is 12.0 Å². The van der Waals surface area contributed by atoms with Crippen molar-refractivity contribution in [2.24, 2.45) is 11.3 Å². The van der Waals surface area contributed by atoms with Crippen molar-refractivity contribution in [1.29, 1.82) is 0 Å². The van der Waals surface area contributed by atoms with Gasteiger partial charge in [0.25, 0.3) is 0 Å². The van der Waals surface area contributed by atoms with E-state index in [0.29, 0.717) is 45.1 Å². The average Bonchev–Trinajstić information content (AvgIpc) is 2.66. The largest absolute Gasteiger partial charge is 0.504 e. The molecule has 0 aliphatic heterocycles. The van der Waals surface area contributed by atoms with Crippen LogP contribution in [0.15, 0.2) is 18.2 Å². The molecule has 0 atom stereocenters.